The minimum atomic E-state index is -1.44. The summed E-state index contributed by atoms with van der Waals surface area (Å²) in [4.78, 5) is 0. The molecule has 0 aliphatic carbocycles. The number of nitrogens with one attached hydrogen (secondary N) is 1. The fraction of sp³-hybridized carbons (Fsp3) is 0.647. The Kier molecular flexibility index (Phi) is 8.60. The first kappa shape index (κ1) is 19.1. The molecule has 1 heterocycles. The minimum Gasteiger partial charge on any atom is -0.368 e. The Morgan fingerprint density at radius 3 is 2.05 bits per heavy atom. The van der Waals surface area contributed by atoms with E-state index in [4.69, 9.17) is 9.47 Å². The molecule has 3 N–H and O–H groups in total. The Balaban J connectivity index is 0.000000287. The summed E-state index contributed by atoms with van der Waals surface area (Å²) in [5, 5.41) is 21.5. The van der Waals surface area contributed by atoms with Gasteiger partial charge in [0, 0.05) is 6.54 Å². The molecule has 22 heavy (non-hydrogen) atoms. The average Bonchev–Trinajstić information content (AvgIpc) is 2.71. The van der Waals surface area contributed by atoms with Gasteiger partial charge in [0.2, 0.25) is 0 Å². The molecule has 1 aromatic carbocycles. The van der Waals surface area contributed by atoms with E-state index in [2.05, 4.69) is 24.4 Å². The molecule has 5 heteroatoms. The number of hydrogen-bond donors (Lipinski definition) is 3. The van der Waals surface area contributed by atoms with E-state index in [1.165, 1.54) is 5.56 Å². The van der Waals surface area contributed by atoms with Gasteiger partial charge in [0.1, 0.15) is 0 Å². The van der Waals surface area contributed by atoms with Crippen LogP contribution in [0.15, 0.2) is 30.3 Å². The van der Waals surface area contributed by atoms with Crippen molar-refractivity contribution in [2.24, 2.45) is 5.92 Å². The van der Waals surface area contributed by atoms with Crippen molar-refractivity contribution in [2.75, 3.05) is 26.8 Å². The van der Waals surface area contributed by atoms with Gasteiger partial charge in [-0.2, -0.15) is 0 Å². The largest absolute Gasteiger partial charge is 0.368 e. The smallest absolute Gasteiger partial charge is 0.174 e. The van der Waals surface area contributed by atoms with E-state index in [9.17, 15) is 10.2 Å². The van der Waals surface area contributed by atoms with Gasteiger partial charge in [0.25, 0.3) is 0 Å². The lowest BCUT2D eigenvalue weighted by molar-refractivity contribution is -0.281. The number of aliphatic hydroxyl groups is 2. The van der Waals surface area contributed by atoms with Crippen LogP contribution >= 0.6 is 0 Å². The predicted molar refractivity (Wildman–Crippen MR) is 86.4 cm³/mol. The number of benzene rings is 1. The Labute approximate surface area is 133 Å². The molecule has 0 bridgehead atoms. The van der Waals surface area contributed by atoms with Crippen LogP contribution < -0.4 is 5.32 Å². The Hall–Kier alpha value is -0.980. The standard InChI is InChI=1S/C10H21NO4.C7H8/c1-10(8(7-11-2)9(12)13)14-5-3-4-6-15-10;1-7-5-3-2-4-6-7/h8-9,11-13H,3-7H2,1-2H3;2-6H,1H3. The average molecular weight is 311 g/mol. The highest BCUT2D eigenvalue weighted by atomic mass is 16.7. The fourth-order valence-electron chi connectivity index (χ4n) is 2.33. The first-order valence-electron chi connectivity index (χ1n) is 7.80. The summed E-state index contributed by atoms with van der Waals surface area (Å²) in [6.07, 6.45) is 0.452. The third-order valence-corrected chi connectivity index (χ3v) is 3.71. The minimum absolute atomic E-state index is 0.439. The van der Waals surface area contributed by atoms with E-state index in [0.717, 1.165) is 12.8 Å². The maximum Gasteiger partial charge on any atom is 0.174 e. The van der Waals surface area contributed by atoms with Gasteiger partial charge in [-0.1, -0.05) is 35.9 Å². The molecule has 1 fully saturated rings. The van der Waals surface area contributed by atoms with E-state index >= 15 is 0 Å². The summed E-state index contributed by atoms with van der Waals surface area (Å²) < 4.78 is 11.2. The van der Waals surface area contributed by atoms with Crippen LogP contribution in [0.5, 0.6) is 0 Å². The normalized spacial score (nSPS) is 19.0. The van der Waals surface area contributed by atoms with Crippen molar-refractivity contribution in [1.82, 2.24) is 5.32 Å². The number of rotatable bonds is 4. The number of aliphatic hydroxyl groups excluding tert-OH is 1. The zero-order valence-corrected chi connectivity index (χ0v) is 13.8. The lowest BCUT2D eigenvalue weighted by atomic mass is 9.99. The molecule has 1 saturated heterocycles. The van der Waals surface area contributed by atoms with Gasteiger partial charge in [-0.25, -0.2) is 0 Å². The molecule has 0 amide bonds. The molecule has 2 rings (SSSR count). The molecule has 0 aromatic heterocycles. The third kappa shape index (κ3) is 6.42. The number of hydrogen-bond acceptors (Lipinski definition) is 5. The van der Waals surface area contributed by atoms with Gasteiger partial charge in [0.05, 0.1) is 19.1 Å². The molecule has 0 spiro atoms. The van der Waals surface area contributed by atoms with Crippen molar-refractivity contribution in [2.45, 2.75) is 38.8 Å². The molecule has 1 unspecified atom stereocenters. The molecule has 126 valence electrons. The summed E-state index contributed by atoms with van der Waals surface area (Å²) in [6, 6.07) is 10.3. The van der Waals surface area contributed by atoms with Gasteiger partial charge >= 0.3 is 0 Å². The van der Waals surface area contributed by atoms with Gasteiger partial charge in [-0.05, 0) is 33.7 Å². The second-order valence-electron chi connectivity index (χ2n) is 5.65. The van der Waals surface area contributed by atoms with Crippen molar-refractivity contribution in [3.63, 3.8) is 0 Å². The van der Waals surface area contributed by atoms with Crippen LogP contribution in [-0.4, -0.2) is 49.1 Å². The van der Waals surface area contributed by atoms with Crippen molar-refractivity contribution in [3.05, 3.63) is 35.9 Å². The second-order valence-corrected chi connectivity index (χ2v) is 5.65. The van der Waals surface area contributed by atoms with Gasteiger partial charge in [0.15, 0.2) is 12.1 Å². The highest BCUT2D eigenvalue weighted by molar-refractivity contribution is 5.11. The van der Waals surface area contributed by atoms with E-state index < -0.39 is 18.0 Å². The Morgan fingerprint density at radius 2 is 1.68 bits per heavy atom. The molecule has 5 nitrogen and oxygen atoms in total. The molecule has 1 aliphatic heterocycles. The molecule has 0 saturated carbocycles. The third-order valence-electron chi connectivity index (χ3n) is 3.71. The summed E-state index contributed by atoms with van der Waals surface area (Å²) >= 11 is 0. The lowest BCUT2D eigenvalue weighted by Gasteiger charge is -2.36. The van der Waals surface area contributed by atoms with E-state index in [1.807, 2.05) is 18.2 Å². The van der Waals surface area contributed by atoms with Crippen molar-refractivity contribution >= 4 is 0 Å². The van der Waals surface area contributed by atoms with E-state index in [1.54, 1.807) is 14.0 Å². The molecule has 1 aromatic rings. The topological polar surface area (TPSA) is 71.0 Å². The quantitative estimate of drug-likeness (QED) is 0.738. The van der Waals surface area contributed by atoms with Crippen molar-refractivity contribution < 1.29 is 19.7 Å². The first-order valence-corrected chi connectivity index (χ1v) is 7.80. The molecular formula is C17H29NO4. The van der Waals surface area contributed by atoms with Crippen LogP contribution in [0.2, 0.25) is 0 Å². The lowest BCUT2D eigenvalue weighted by Crippen LogP contribution is -2.50. The van der Waals surface area contributed by atoms with Crippen LogP contribution in [0.1, 0.15) is 25.3 Å². The Bertz CT molecular complexity index is 389. The van der Waals surface area contributed by atoms with Gasteiger partial charge in [-0.15, -0.1) is 0 Å². The van der Waals surface area contributed by atoms with E-state index in [0.29, 0.717) is 19.8 Å². The van der Waals surface area contributed by atoms with Crippen molar-refractivity contribution in [1.29, 1.82) is 0 Å². The highest BCUT2D eigenvalue weighted by Gasteiger charge is 2.40. The molecule has 1 atom stereocenters. The second kappa shape index (κ2) is 9.92. The fourth-order valence-corrected chi connectivity index (χ4v) is 2.33. The summed E-state index contributed by atoms with van der Waals surface area (Å²) in [5.74, 6) is -1.39. The van der Waals surface area contributed by atoms with Gasteiger partial charge in [-0.3, -0.25) is 0 Å². The zero-order chi connectivity index (χ0) is 16.4. The van der Waals surface area contributed by atoms with Crippen LogP contribution in [0.3, 0.4) is 0 Å². The maximum absolute atomic E-state index is 9.31. The predicted octanol–water partition coefficient (Wildman–Crippen LogP) is 1.67. The Morgan fingerprint density at radius 1 is 1.14 bits per heavy atom. The SMILES string of the molecule is CNCC(C(O)O)C1(C)OCCCCO1.Cc1ccccc1. The molecule has 0 radical (unpaired) electrons. The van der Waals surface area contributed by atoms with Crippen LogP contribution in [-0.2, 0) is 9.47 Å². The molecule has 1 aliphatic rings. The first-order chi connectivity index (χ1) is 10.5. The number of ether oxygens (including phenoxy) is 2. The van der Waals surface area contributed by atoms with Gasteiger partial charge < -0.3 is 25.0 Å². The number of aryl methyl sites for hydroxylation is 1. The van der Waals surface area contributed by atoms with Crippen molar-refractivity contribution in [3.8, 4) is 0 Å². The van der Waals surface area contributed by atoms with Crippen LogP contribution in [0.4, 0.5) is 0 Å². The van der Waals surface area contributed by atoms with Crippen LogP contribution in [0.25, 0.3) is 0 Å². The molecular weight excluding hydrogens is 282 g/mol. The summed E-state index contributed by atoms with van der Waals surface area (Å²) in [6.45, 7) is 5.49. The zero-order valence-electron chi connectivity index (χ0n) is 13.8. The maximum atomic E-state index is 9.31. The highest BCUT2D eigenvalue weighted by Crippen LogP contribution is 2.28. The summed E-state index contributed by atoms with van der Waals surface area (Å²) in [7, 11) is 1.76. The van der Waals surface area contributed by atoms with E-state index in [-0.39, 0.29) is 0 Å². The van der Waals surface area contributed by atoms with Crippen LogP contribution in [0, 0.1) is 12.8 Å². The monoisotopic (exact) mass is 311 g/mol. The summed E-state index contributed by atoms with van der Waals surface area (Å²) in [5.41, 5.74) is 1.32.